The van der Waals surface area contributed by atoms with Gasteiger partial charge < -0.3 is 15.2 Å². The molecule has 0 unspecified atom stereocenters. The number of aliphatic carboxylic acids is 1. The first-order valence-corrected chi connectivity index (χ1v) is 12.5. The Labute approximate surface area is 230 Å². The van der Waals surface area contributed by atoms with Crippen molar-refractivity contribution in [3.05, 3.63) is 111 Å². The van der Waals surface area contributed by atoms with Crippen molar-refractivity contribution in [2.45, 2.75) is 38.8 Å². The van der Waals surface area contributed by atoms with Crippen LogP contribution in [0.15, 0.2) is 78.4 Å². The molecule has 0 saturated carbocycles. The topological polar surface area (TPSA) is 69.2 Å². The molecule has 0 saturated heterocycles. The van der Waals surface area contributed by atoms with Gasteiger partial charge in [0.25, 0.3) is 0 Å². The number of rotatable bonds is 6. The van der Waals surface area contributed by atoms with Gasteiger partial charge in [0.2, 0.25) is 5.91 Å². The normalized spacial score (nSPS) is 11.7. The Bertz CT molecular complexity index is 1200. The zero-order valence-electron chi connectivity index (χ0n) is 20.7. The van der Waals surface area contributed by atoms with E-state index in [0.29, 0.717) is 13.0 Å². The van der Waals surface area contributed by atoms with Crippen molar-refractivity contribution >= 4 is 41.2 Å². The van der Waals surface area contributed by atoms with Crippen molar-refractivity contribution in [1.82, 2.24) is 5.32 Å². The molecule has 1 N–H and O–H groups in total. The van der Waals surface area contributed by atoms with E-state index in [1.807, 2.05) is 55.5 Å². The lowest BCUT2D eigenvalue weighted by atomic mass is 10.1. The second kappa shape index (κ2) is 15.2. The number of fused-ring (bicyclic) bond motifs is 1. The highest BCUT2D eigenvalue weighted by molar-refractivity contribution is 6.30. The average Bonchev–Trinajstić information content (AvgIpc) is 3.29. The van der Waals surface area contributed by atoms with Crippen LogP contribution in [0.25, 0.3) is 6.08 Å². The first kappa shape index (κ1) is 30.9. The summed E-state index contributed by atoms with van der Waals surface area (Å²) in [5.41, 5.74) is 6.44. The highest BCUT2D eigenvalue weighted by Crippen LogP contribution is 2.27. The number of carboxylic acid groups (broad SMARTS) is 1. The number of aryl methyl sites for hydroxylation is 1. The van der Waals surface area contributed by atoms with Crippen molar-refractivity contribution in [2.24, 2.45) is 0 Å². The fourth-order valence-corrected chi connectivity index (χ4v) is 3.66. The van der Waals surface area contributed by atoms with Gasteiger partial charge in [0.05, 0.1) is 0 Å². The number of benzene rings is 3. The van der Waals surface area contributed by atoms with Gasteiger partial charge in [-0.2, -0.15) is 13.2 Å². The minimum atomic E-state index is -5.19. The fraction of sp³-hybridized carbons (Fsp3) is 0.241. The predicted molar refractivity (Wildman–Crippen MR) is 143 cm³/mol. The van der Waals surface area contributed by atoms with Gasteiger partial charge >= 0.3 is 6.18 Å². The molecule has 0 atom stereocenters. The Hall–Kier alpha value is -3.29. The zero-order chi connectivity index (χ0) is 28.1. The Morgan fingerprint density at radius 3 is 1.97 bits per heavy atom. The van der Waals surface area contributed by atoms with Crippen LogP contribution in [0.3, 0.4) is 0 Å². The van der Waals surface area contributed by atoms with E-state index >= 15 is 0 Å². The molecule has 38 heavy (non-hydrogen) atoms. The number of hydrogen-bond donors (Lipinski definition) is 1. The number of carboxylic acids is 1. The molecule has 0 fully saturated rings. The van der Waals surface area contributed by atoms with E-state index in [0.717, 1.165) is 29.3 Å². The minimum absolute atomic E-state index is 0.121. The quantitative estimate of drug-likeness (QED) is 0.378. The smallest absolute Gasteiger partial charge is 0.430 e. The van der Waals surface area contributed by atoms with Crippen LogP contribution in [0.5, 0.6) is 0 Å². The Balaban J connectivity index is 0.000000276. The zero-order valence-corrected chi connectivity index (χ0v) is 22.2. The summed E-state index contributed by atoms with van der Waals surface area (Å²) in [6, 6.07) is 23.9. The van der Waals surface area contributed by atoms with Gasteiger partial charge in [-0.05, 0) is 67.1 Å². The molecular weight excluding hydrogens is 538 g/mol. The molecule has 3 aromatic rings. The van der Waals surface area contributed by atoms with E-state index in [1.54, 1.807) is 0 Å². The maximum Gasteiger partial charge on any atom is 0.430 e. The number of hydrogen-bond acceptors (Lipinski definition) is 3. The van der Waals surface area contributed by atoms with Gasteiger partial charge in [-0.1, -0.05) is 88.9 Å². The van der Waals surface area contributed by atoms with Crippen LogP contribution in [0.2, 0.25) is 10.0 Å². The Kier molecular flexibility index (Phi) is 12.4. The number of amides is 1. The molecule has 0 spiro atoms. The van der Waals surface area contributed by atoms with Crippen LogP contribution in [0, 0.1) is 6.92 Å². The molecule has 0 heterocycles. The summed E-state index contributed by atoms with van der Waals surface area (Å²) in [5.74, 6) is -2.89. The Morgan fingerprint density at radius 1 is 0.895 bits per heavy atom. The summed E-state index contributed by atoms with van der Waals surface area (Å²) in [5, 5.41) is 13.3. The molecule has 0 aromatic heterocycles. The third-order valence-electron chi connectivity index (χ3n) is 5.40. The van der Waals surface area contributed by atoms with Gasteiger partial charge in [-0.25, -0.2) is 0 Å². The Morgan fingerprint density at radius 2 is 1.45 bits per heavy atom. The summed E-state index contributed by atoms with van der Waals surface area (Å²) in [7, 11) is 0. The third kappa shape index (κ3) is 11.8. The van der Waals surface area contributed by atoms with Crippen LogP contribution >= 0.6 is 23.2 Å². The van der Waals surface area contributed by atoms with E-state index in [-0.39, 0.29) is 5.91 Å². The molecule has 1 aliphatic carbocycles. The SMILES string of the molecule is Cc1ccc(Cl)cc1.O=C(CCC1=Cc2ccccc2C1)NCCc1ccc(Cl)cc1.O=C([O-])C(F)(F)F. The van der Waals surface area contributed by atoms with Gasteiger partial charge in [-0.15, -0.1) is 0 Å². The summed E-state index contributed by atoms with van der Waals surface area (Å²) >= 11 is 11.5. The minimum Gasteiger partial charge on any atom is -0.542 e. The van der Waals surface area contributed by atoms with Crippen LogP contribution < -0.4 is 10.4 Å². The molecule has 0 bridgehead atoms. The van der Waals surface area contributed by atoms with Gasteiger partial charge in [0.1, 0.15) is 5.97 Å². The van der Waals surface area contributed by atoms with Crippen LogP contribution in [0.4, 0.5) is 13.2 Å². The largest absolute Gasteiger partial charge is 0.542 e. The molecule has 1 amide bonds. The number of alkyl halides is 3. The molecule has 202 valence electrons. The van der Waals surface area contributed by atoms with Gasteiger partial charge in [0, 0.05) is 23.0 Å². The summed E-state index contributed by atoms with van der Waals surface area (Å²) in [4.78, 5) is 20.7. The van der Waals surface area contributed by atoms with Crippen LogP contribution in [0.1, 0.15) is 35.1 Å². The van der Waals surface area contributed by atoms with E-state index in [2.05, 4.69) is 35.7 Å². The number of carbonyl (C=O) groups excluding carboxylic acids is 2. The number of allylic oxidation sites excluding steroid dienone is 1. The third-order valence-corrected chi connectivity index (χ3v) is 5.90. The lowest BCUT2D eigenvalue weighted by molar-refractivity contribution is -0.344. The van der Waals surface area contributed by atoms with Crippen molar-refractivity contribution in [1.29, 1.82) is 0 Å². The molecule has 0 radical (unpaired) electrons. The maximum atomic E-state index is 12.0. The van der Waals surface area contributed by atoms with E-state index in [9.17, 15) is 18.0 Å². The standard InChI is InChI=1S/C20H20ClNO.C7H7Cl.C2HF3O2/c21-19-8-5-15(6-9-19)11-12-22-20(23)10-7-16-13-17-3-1-2-4-18(17)14-16;1-6-2-4-7(8)5-3-6;3-2(4,5)1(6)7/h1-6,8-9,13H,7,10-12,14H2,(H,22,23);2-5H,1H3;(H,6,7)/p-1. The van der Waals surface area contributed by atoms with Crippen molar-refractivity contribution in [2.75, 3.05) is 6.54 Å². The molecule has 4 nitrogen and oxygen atoms in total. The summed E-state index contributed by atoms with van der Waals surface area (Å²) < 4.78 is 31.5. The molecule has 0 aliphatic heterocycles. The molecule has 1 aliphatic rings. The van der Waals surface area contributed by atoms with Crippen molar-refractivity contribution in [3.63, 3.8) is 0 Å². The second-order valence-electron chi connectivity index (χ2n) is 8.49. The van der Waals surface area contributed by atoms with E-state index in [1.165, 1.54) is 27.8 Å². The van der Waals surface area contributed by atoms with E-state index < -0.39 is 12.1 Å². The van der Waals surface area contributed by atoms with Crippen LogP contribution in [-0.4, -0.2) is 24.6 Å². The molecule has 9 heteroatoms. The second-order valence-corrected chi connectivity index (χ2v) is 9.36. The number of halogens is 5. The van der Waals surface area contributed by atoms with E-state index in [4.69, 9.17) is 33.1 Å². The summed E-state index contributed by atoms with van der Waals surface area (Å²) in [6.45, 7) is 2.70. The summed E-state index contributed by atoms with van der Waals surface area (Å²) in [6.07, 6.45) is 0.226. The highest BCUT2D eigenvalue weighted by Gasteiger charge is 2.28. The lowest BCUT2D eigenvalue weighted by Gasteiger charge is -2.06. The molecule has 3 aromatic carbocycles. The highest BCUT2D eigenvalue weighted by atomic mass is 35.5. The van der Waals surface area contributed by atoms with Crippen molar-refractivity contribution < 1.29 is 27.9 Å². The average molecular weight is 565 g/mol. The number of nitrogens with one attached hydrogen (secondary N) is 1. The molecule has 4 rings (SSSR count). The lowest BCUT2D eigenvalue weighted by Crippen LogP contribution is -2.37. The monoisotopic (exact) mass is 564 g/mol. The van der Waals surface area contributed by atoms with Crippen LogP contribution in [-0.2, 0) is 22.4 Å². The fourth-order valence-electron chi connectivity index (χ4n) is 3.41. The van der Waals surface area contributed by atoms with Gasteiger partial charge in [-0.3, -0.25) is 4.79 Å². The number of carbonyl (C=O) groups is 2. The molecular formula is C29H27Cl2F3NO3-. The first-order valence-electron chi connectivity index (χ1n) is 11.7. The maximum absolute atomic E-state index is 12.0. The van der Waals surface area contributed by atoms with Crippen molar-refractivity contribution in [3.8, 4) is 0 Å². The predicted octanol–water partition coefficient (Wildman–Crippen LogP) is 6.37. The first-order chi connectivity index (χ1) is 17.9. The van der Waals surface area contributed by atoms with Gasteiger partial charge in [0.15, 0.2) is 0 Å².